The summed E-state index contributed by atoms with van der Waals surface area (Å²) >= 11 is 0. The highest BCUT2D eigenvalue weighted by Crippen LogP contribution is 2.23. The average molecular weight is 305 g/mol. The van der Waals surface area contributed by atoms with Crippen molar-refractivity contribution in [1.29, 1.82) is 0 Å². The van der Waals surface area contributed by atoms with Crippen LogP contribution in [0.15, 0.2) is 16.7 Å². The van der Waals surface area contributed by atoms with Crippen molar-refractivity contribution in [3.8, 4) is 5.88 Å². The van der Waals surface area contributed by atoms with Gasteiger partial charge in [-0.2, -0.15) is 4.98 Å². The zero-order valence-corrected chi connectivity index (χ0v) is 13.3. The van der Waals surface area contributed by atoms with Gasteiger partial charge in [-0.25, -0.2) is 4.79 Å². The normalized spacial score (nSPS) is 10.4. The first-order valence-electron chi connectivity index (χ1n) is 6.74. The van der Waals surface area contributed by atoms with Crippen molar-refractivity contribution in [2.45, 2.75) is 20.4 Å². The van der Waals surface area contributed by atoms with E-state index in [-0.39, 0.29) is 5.88 Å². The monoisotopic (exact) mass is 305 g/mol. The Bertz CT molecular complexity index is 662. The number of carbonyl (C=O) groups is 1. The molecule has 0 aliphatic carbocycles. The average Bonchev–Trinajstić information content (AvgIpc) is 2.85. The first kappa shape index (κ1) is 15.8. The lowest BCUT2D eigenvalue weighted by atomic mass is 10.2. The fourth-order valence-electron chi connectivity index (χ4n) is 2.11. The maximum Gasteiger partial charge on any atom is 0.343 e. The van der Waals surface area contributed by atoms with Crippen LogP contribution >= 0.6 is 0 Å². The first-order chi connectivity index (χ1) is 10.5. The zero-order chi connectivity index (χ0) is 16.3. The molecule has 2 heterocycles. The van der Waals surface area contributed by atoms with Crippen LogP contribution in [-0.4, -0.2) is 37.4 Å². The van der Waals surface area contributed by atoms with Crippen molar-refractivity contribution in [2.75, 3.05) is 26.2 Å². The number of nitrogens with zero attached hydrogens (tertiary/aromatic N) is 3. The van der Waals surface area contributed by atoms with Crippen LogP contribution in [0.3, 0.4) is 0 Å². The van der Waals surface area contributed by atoms with Crippen molar-refractivity contribution in [1.82, 2.24) is 10.1 Å². The number of anilines is 1. The van der Waals surface area contributed by atoms with Crippen LogP contribution in [0.2, 0.25) is 0 Å². The molecule has 0 aliphatic heterocycles. The molecule has 0 spiro atoms. The summed E-state index contributed by atoms with van der Waals surface area (Å²) in [7, 11) is 4.68. The van der Waals surface area contributed by atoms with Gasteiger partial charge in [0.15, 0.2) is 0 Å². The van der Waals surface area contributed by atoms with Crippen molar-refractivity contribution in [2.24, 2.45) is 0 Å². The summed E-state index contributed by atoms with van der Waals surface area (Å²) in [5.41, 5.74) is 2.15. The van der Waals surface area contributed by atoms with Gasteiger partial charge in [-0.3, -0.25) is 0 Å². The molecule has 118 valence electrons. The Balaban J connectivity index is 2.27. The summed E-state index contributed by atoms with van der Waals surface area (Å²) in [4.78, 5) is 17.9. The Morgan fingerprint density at radius 3 is 2.59 bits per heavy atom. The third-order valence-corrected chi connectivity index (χ3v) is 3.41. The molecule has 22 heavy (non-hydrogen) atoms. The third kappa shape index (κ3) is 3.03. The van der Waals surface area contributed by atoms with Gasteiger partial charge in [-0.1, -0.05) is 5.16 Å². The maximum atomic E-state index is 11.6. The van der Waals surface area contributed by atoms with Crippen LogP contribution in [0, 0.1) is 13.8 Å². The topological polar surface area (TPSA) is 77.7 Å². The standard InChI is InChI=1S/C15H19N3O4/c1-9-12(10(2)22-17-9)8-18(3)13-7-6-11(15(19)21-5)14(16-13)20-4/h6-7H,8H2,1-5H3. The van der Waals surface area contributed by atoms with Gasteiger partial charge in [0, 0.05) is 19.2 Å². The predicted octanol–water partition coefficient (Wildman–Crippen LogP) is 2.12. The molecular weight excluding hydrogens is 286 g/mol. The highest BCUT2D eigenvalue weighted by Gasteiger charge is 2.17. The van der Waals surface area contributed by atoms with Crippen LogP contribution < -0.4 is 9.64 Å². The van der Waals surface area contributed by atoms with Gasteiger partial charge in [0.05, 0.1) is 19.9 Å². The van der Waals surface area contributed by atoms with E-state index >= 15 is 0 Å². The molecule has 2 aromatic heterocycles. The van der Waals surface area contributed by atoms with Gasteiger partial charge in [0.25, 0.3) is 0 Å². The quantitative estimate of drug-likeness (QED) is 0.783. The number of aromatic nitrogens is 2. The second-order valence-corrected chi connectivity index (χ2v) is 4.88. The molecule has 0 bridgehead atoms. The summed E-state index contributed by atoms with van der Waals surface area (Å²) in [5, 5.41) is 3.94. The second-order valence-electron chi connectivity index (χ2n) is 4.88. The zero-order valence-electron chi connectivity index (χ0n) is 13.3. The largest absolute Gasteiger partial charge is 0.480 e. The Morgan fingerprint density at radius 1 is 1.32 bits per heavy atom. The predicted molar refractivity (Wildman–Crippen MR) is 80.2 cm³/mol. The minimum Gasteiger partial charge on any atom is -0.480 e. The number of aryl methyl sites for hydroxylation is 2. The van der Waals surface area contributed by atoms with Crippen molar-refractivity contribution >= 4 is 11.8 Å². The molecule has 0 aromatic carbocycles. The van der Waals surface area contributed by atoms with E-state index in [0.29, 0.717) is 17.9 Å². The molecule has 0 radical (unpaired) electrons. The van der Waals surface area contributed by atoms with Crippen molar-refractivity contribution in [3.05, 3.63) is 34.7 Å². The molecule has 0 saturated carbocycles. The summed E-state index contributed by atoms with van der Waals surface area (Å²) < 4.78 is 15.0. The SMILES string of the molecule is COC(=O)c1ccc(N(C)Cc2c(C)noc2C)nc1OC. The molecule has 7 heteroatoms. The minimum atomic E-state index is -0.482. The maximum absolute atomic E-state index is 11.6. The van der Waals surface area contributed by atoms with E-state index in [2.05, 4.69) is 10.1 Å². The Morgan fingerprint density at radius 2 is 2.05 bits per heavy atom. The highest BCUT2D eigenvalue weighted by atomic mass is 16.5. The van der Waals surface area contributed by atoms with Crippen molar-refractivity contribution in [3.63, 3.8) is 0 Å². The number of pyridine rings is 1. The van der Waals surface area contributed by atoms with Crippen LogP contribution in [0.1, 0.15) is 27.4 Å². The number of hydrogen-bond acceptors (Lipinski definition) is 7. The summed E-state index contributed by atoms with van der Waals surface area (Å²) in [6, 6.07) is 3.38. The lowest BCUT2D eigenvalue weighted by Gasteiger charge is -2.19. The fourth-order valence-corrected chi connectivity index (χ4v) is 2.11. The second kappa shape index (κ2) is 6.46. The number of hydrogen-bond donors (Lipinski definition) is 0. The van der Waals surface area contributed by atoms with Crippen molar-refractivity contribution < 1.29 is 18.8 Å². The number of rotatable bonds is 5. The van der Waals surface area contributed by atoms with Gasteiger partial charge in [0.2, 0.25) is 5.88 Å². The van der Waals surface area contributed by atoms with E-state index in [1.807, 2.05) is 25.8 Å². The molecule has 0 aliphatic rings. The van der Waals surface area contributed by atoms with E-state index in [9.17, 15) is 4.79 Å². The Labute approximate surface area is 128 Å². The number of esters is 1. The molecular formula is C15H19N3O4. The summed E-state index contributed by atoms with van der Waals surface area (Å²) in [6.07, 6.45) is 0. The Hall–Kier alpha value is -2.57. The van der Waals surface area contributed by atoms with Gasteiger partial charge >= 0.3 is 5.97 Å². The molecule has 0 atom stereocenters. The van der Waals surface area contributed by atoms with E-state index in [4.69, 9.17) is 14.0 Å². The molecule has 2 aromatic rings. The molecule has 7 nitrogen and oxygen atoms in total. The van der Waals surface area contributed by atoms with Gasteiger partial charge in [0.1, 0.15) is 17.1 Å². The van der Waals surface area contributed by atoms with Crippen LogP contribution in [0.5, 0.6) is 5.88 Å². The van der Waals surface area contributed by atoms with Gasteiger partial charge in [-0.15, -0.1) is 0 Å². The third-order valence-electron chi connectivity index (χ3n) is 3.41. The number of carbonyl (C=O) groups excluding carboxylic acids is 1. The molecule has 2 rings (SSSR count). The van der Waals surface area contributed by atoms with Gasteiger partial charge in [-0.05, 0) is 26.0 Å². The van der Waals surface area contributed by atoms with E-state index in [1.165, 1.54) is 14.2 Å². The minimum absolute atomic E-state index is 0.231. The summed E-state index contributed by atoms with van der Waals surface area (Å²) in [6.45, 7) is 4.36. The lowest BCUT2D eigenvalue weighted by molar-refractivity contribution is 0.0596. The number of ether oxygens (including phenoxy) is 2. The van der Waals surface area contributed by atoms with Crippen LogP contribution in [0.25, 0.3) is 0 Å². The molecule has 0 fully saturated rings. The van der Waals surface area contributed by atoms with E-state index in [1.54, 1.807) is 12.1 Å². The fraction of sp³-hybridized carbons (Fsp3) is 0.400. The lowest BCUT2D eigenvalue weighted by Crippen LogP contribution is -2.19. The first-order valence-corrected chi connectivity index (χ1v) is 6.74. The van der Waals surface area contributed by atoms with Crippen LogP contribution in [0.4, 0.5) is 5.82 Å². The van der Waals surface area contributed by atoms with Crippen LogP contribution in [-0.2, 0) is 11.3 Å². The molecule has 0 unspecified atom stereocenters. The highest BCUT2D eigenvalue weighted by molar-refractivity contribution is 5.92. The van der Waals surface area contributed by atoms with E-state index in [0.717, 1.165) is 17.0 Å². The van der Waals surface area contributed by atoms with E-state index < -0.39 is 5.97 Å². The molecule has 0 amide bonds. The molecule has 0 saturated heterocycles. The number of methoxy groups -OCH3 is 2. The smallest absolute Gasteiger partial charge is 0.343 e. The van der Waals surface area contributed by atoms with Gasteiger partial charge < -0.3 is 18.9 Å². The Kier molecular flexibility index (Phi) is 4.65. The molecule has 0 N–H and O–H groups in total. The summed E-state index contributed by atoms with van der Waals surface area (Å²) in [5.74, 6) is 1.20.